The standard InChI is InChI=1S/C15H16BrN3O/c16-11-8-12(9-11)19-15(20)18-13(6-7-14(18)17-19)10-4-2-1-3-5-10/h1-5,11-13H,6-9H2/t11?,12?,13-/m0/s1. The van der Waals surface area contributed by atoms with Gasteiger partial charge in [0.2, 0.25) is 0 Å². The Kier molecular flexibility index (Phi) is 2.84. The lowest BCUT2D eigenvalue weighted by atomic mass is 9.93. The van der Waals surface area contributed by atoms with E-state index in [0.717, 1.165) is 31.5 Å². The SMILES string of the molecule is O=c1n(C2CC(Br)C2)nc2n1[C@H](c1ccccc1)CC2. The van der Waals surface area contributed by atoms with Crippen LogP contribution in [0.25, 0.3) is 0 Å². The van der Waals surface area contributed by atoms with E-state index in [1.165, 1.54) is 5.56 Å². The minimum atomic E-state index is 0.0655. The van der Waals surface area contributed by atoms with Gasteiger partial charge >= 0.3 is 5.69 Å². The van der Waals surface area contributed by atoms with E-state index in [-0.39, 0.29) is 17.8 Å². The van der Waals surface area contributed by atoms with Crippen LogP contribution in [0, 0.1) is 0 Å². The van der Waals surface area contributed by atoms with Crippen LogP contribution in [0.4, 0.5) is 0 Å². The van der Waals surface area contributed by atoms with Gasteiger partial charge in [-0.2, -0.15) is 5.10 Å². The summed E-state index contributed by atoms with van der Waals surface area (Å²) in [6.45, 7) is 0. The average Bonchev–Trinajstić information content (AvgIpc) is 2.97. The molecule has 0 bridgehead atoms. The molecule has 1 aromatic carbocycles. The van der Waals surface area contributed by atoms with Gasteiger partial charge < -0.3 is 0 Å². The van der Waals surface area contributed by atoms with Crippen molar-refractivity contribution < 1.29 is 0 Å². The first-order valence-corrected chi connectivity index (χ1v) is 8.04. The summed E-state index contributed by atoms with van der Waals surface area (Å²) >= 11 is 3.58. The molecule has 4 nitrogen and oxygen atoms in total. The topological polar surface area (TPSA) is 39.8 Å². The summed E-state index contributed by atoms with van der Waals surface area (Å²) < 4.78 is 3.61. The third kappa shape index (κ3) is 1.79. The van der Waals surface area contributed by atoms with Crippen molar-refractivity contribution >= 4 is 15.9 Å². The van der Waals surface area contributed by atoms with Crippen LogP contribution in [0.2, 0.25) is 0 Å². The Labute approximate surface area is 125 Å². The van der Waals surface area contributed by atoms with E-state index < -0.39 is 0 Å². The summed E-state index contributed by atoms with van der Waals surface area (Å²) in [6, 6.07) is 10.7. The highest BCUT2D eigenvalue weighted by Crippen LogP contribution is 2.37. The molecule has 5 heteroatoms. The van der Waals surface area contributed by atoms with E-state index in [2.05, 4.69) is 33.2 Å². The Morgan fingerprint density at radius 2 is 1.95 bits per heavy atom. The second kappa shape index (κ2) is 4.58. The normalized spacial score (nSPS) is 28.1. The first-order chi connectivity index (χ1) is 9.74. The third-order valence-corrected chi connectivity index (χ3v) is 5.19. The molecule has 1 atom stereocenters. The lowest BCUT2D eigenvalue weighted by molar-refractivity contribution is 0.291. The summed E-state index contributed by atoms with van der Waals surface area (Å²) in [5.74, 6) is 0.946. The zero-order valence-corrected chi connectivity index (χ0v) is 12.7. The molecule has 104 valence electrons. The van der Waals surface area contributed by atoms with Crippen LogP contribution >= 0.6 is 15.9 Å². The maximum absolute atomic E-state index is 12.6. The molecule has 0 spiro atoms. The van der Waals surface area contributed by atoms with Crippen molar-refractivity contribution in [2.75, 3.05) is 0 Å². The molecular weight excluding hydrogens is 318 g/mol. The number of fused-ring (bicyclic) bond motifs is 1. The highest BCUT2D eigenvalue weighted by Gasteiger charge is 2.35. The van der Waals surface area contributed by atoms with Crippen LogP contribution in [-0.4, -0.2) is 19.2 Å². The van der Waals surface area contributed by atoms with Crippen LogP contribution in [0.3, 0.4) is 0 Å². The molecule has 1 aromatic heterocycles. The molecule has 1 saturated carbocycles. The molecule has 4 rings (SSSR count). The Bertz CT molecular complexity index is 685. The highest BCUT2D eigenvalue weighted by atomic mass is 79.9. The minimum absolute atomic E-state index is 0.0655. The van der Waals surface area contributed by atoms with Crippen molar-refractivity contribution in [3.8, 4) is 0 Å². The molecule has 0 amide bonds. The summed E-state index contributed by atoms with van der Waals surface area (Å²) in [5, 5.41) is 4.57. The zero-order valence-electron chi connectivity index (χ0n) is 11.1. The van der Waals surface area contributed by atoms with Gasteiger partial charge in [0.15, 0.2) is 0 Å². The van der Waals surface area contributed by atoms with E-state index in [0.29, 0.717) is 4.83 Å². The number of aromatic nitrogens is 3. The van der Waals surface area contributed by atoms with Crippen molar-refractivity contribution in [1.29, 1.82) is 0 Å². The zero-order chi connectivity index (χ0) is 13.7. The van der Waals surface area contributed by atoms with Crippen molar-refractivity contribution in [2.24, 2.45) is 0 Å². The van der Waals surface area contributed by atoms with E-state index in [9.17, 15) is 4.79 Å². The van der Waals surface area contributed by atoms with Gasteiger partial charge in [0.05, 0.1) is 12.1 Å². The second-order valence-corrected chi connectivity index (χ2v) is 7.00. The molecular formula is C15H16BrN3O. The van der Waals surface area contributed by atoms with Crippen molar-refractivity contribution in [1.82, 2.24) is 14.3 Å². The molecule has 0 saturated heterocycles. The maximum atomic E-state index is 12.6. The molecule has 0 N–H and O–H groups in total. The first-order valence-electron chi connectivity index (χ1n) is 7.13. The van der Waals surface area contributed by atoms with Crippen molar-refractivity contribution in [2.45, 2.75) is 42.6 Å². The predicted octanol–water partition coefficient (Wildman–Crippen LogP) is 2.68. The van der Waals surface area contributed by atoms with Crippen LogP contribution in [0.1, 0.15) is 42.7 Å². The summed E-state index contributed by atoms with van der Waals surface area (Å²) in [7, 11) is 0. The number of benzene rings is 1. The summed E-state index contributed by atoms with van der Waals surface area (Å²) in [5.41, 5.74) is 1.27. The number of alkyl halides is 1. The molecule has 1 aliphatic carbocycles. The van der Waals surface area contributed by atoms with Gasteiger partial charge in [-0.1, -0.05) is 46.3 Å². The Morgan fingerprint density at radius 1 is 1.20 bits per heavy atom. The number of nitrogens with zero attached hydrogens (tertiary/aromatic N) is 3. The minimum Gasteiger partial charge on any atom is -0.271 e. The summed E-state index contributed by atoms with van der Waals surface area (Å²) in [6.07, 6.45) is 3.89. The number of aryl methyl sites for hydroxylation is 1. The van der Waals surface area contributed by atoms with Crippen LogP contribution < -0.4 is 5.69 Å². The fourth-order valence-electron chi connectivity index (χ4n) is 3.26. The molecule has 2 aromatic rings. The van der Waals surface area contributed by atoms with E-state index in [1.807, 2.05) is 22.8 Å². The van der Waals surface area contributed by atoms with Crippen LogP contribution in [0.5, 0.6) is 0 Å². The van der Waals surface area contributed by atoms with Crippen LogP contribution in [0.15, 0.2) is 35.1 Å². The number of rotatable bonds is 2. The summed E-state index contributed by atoms with van der Waals surface area (Å²) in [4.78, 5) is 13.2. The molecule has 1 fully saturated rings. The predicted molar refractivity (Wildman–Crippen MR) is 80.4 cm³/mol. The number of hydrogen-bond donors (Lipinski definition) is 0. The van der Waals surface area contributed by atoms with Gasteiger partial charge in [0.25, 0.3) is 0 Å². The fourth-order valence-corrected chi connectivity index (χ4v) is 4.13. The highest BCUT2D eigenvalue weighted by molar-refractivity contribution is 9.09. The Morgan fingerprint density at radius 3 is 2.65 bits per heavy atom. The van der Waals surface area contributed by atoms with E-state index >= 15 is 0 Å². The first kappa shape index (κ1) is 12.4. The van der Waals surface area contributed by atoms with Gasteiger partial charge in [0, 0.05) is 11.2 Å². The Hall–Kier alpha value is -1.36. The number of halogens is 1. The van der Waals surface area contributed by atoms with Gasteiger partial charge in [-0.05, 0) is 24.8 Å². The van der Waals surface area contributed by atoms with E-state index in [4.69, 9.17) is 0 Å². The monoisotopic (exact) mass is 333 g/mol. The lowest BCUT2D eigenvalue weighted by Gasteiger charge is -2.30. The lowest BCUT2D eigenvalue weighted by Crippen LogP contribution is -2.36. The van der Waals surface area contributed by atoms with E-state index in [1.54, 1.807) is 4.68 Å². The van der Waals surface area contributed by atoms with Crippen LogP contribution in [-0.2, 0) is 6.42 Å². The number of hydrogen-bond acceptors (Lipinski definition) is 2. The molecule has 20 heavy (non-hydrogen) atoms. The van der Waals surface area contributed by atoms with Crippen molar-refractivity contribution in [3.05, 3.63) is 52.2 Å². The van der Waals surface area contributed by atoms with Gasteiger partial charge in [-0.25, -0.2) is 9.48 Å². The molecule has 0 unspecified atom stereocenters. The average molecular weight is 334 g/mol. The maximum Gasteiger partial charge on any atom is 0.346 e. The molecule has 2 heterocycles. The smallest absolute Gasteiger partial charge is 0.271 e. The second-order valence-electron chi connectivity index (χ2n) is 5.70. The molecule has 2 aliphatic rings. The van der Waals surface area contributed by atoms with Crippen molar-refractivity contribution in [3.63, 3.8) is 0 Å². The van der Waals surface area contributed by atoms with Gasteiger partial charge in [-0.15, -0.1) is 0 Å². The largest absolute Gasteiger partial charge is 0.346 e. The van der Waals surface area contributed by atoms with Gasteiger partial charge in [0.1, 0.15) is 5.82 Å². The molecule has 1 aliphatic heterocycles. The molecule has 0 radical (unpaired) electrons. The fraction of sp³-hybridized carbons (Fsp3) is 0.467. The van der Waals surface area contributed by atoms with Gasteiger partial charge in [-0.3, -0.25) is 4.57 Å². The quantitative estimate of drug-likeness (QED) is 0.792. The Balaban J connectivity index is 1.73. The third-order valence-electron chi connectivity index (χ3n) is 4.44.